The van der Waals surface area contributed by atoms with Crippen LogP contribution in [0.4, 0.5) is 0 Å². The number of benzene rings is 2. The van der Waals surface area contributed by atoms with Gasteiger partial charge in [-0.3, -0.25) is 4.79 Å². The fraction of sp³-hybridized carbons (Fsp3) is 0.435. The quantitative estimate of drug-likeness (QED) is 0.583. The maximum atomic E-state index is 12.9. The lowest BCUT2D eigenvalue weighted by atomic mass is 9.97. The molecule has 27 heavy (non-hydrogen) atoms. The van der Waals surface area contributed by atoms with Crippen LogP contribution in [0.25, 0.3) is 0 Å². The zero-order valence-electron chi connectivity index (χ0n) is 16.5. The molecule has 0 aliphatic heterocycles. The number of nitrogens with one attached hydrogen (secondary N) is 1. The van der Waals surface area contributed by atoms with E-state index in [1.807, 2.05) is 48.5 Å². The molecule has 0 heterocycles. The fourth-order valence-electron chi connectivity index (χ4n) is 2.74. The van der Waals surface area contributed by atoms with Gasteiger partial charge in [0.25, 0.3) is 0 Å². The summed E-state index contributed by atoms with van der Waals surface area (Å²) in [6.45, 7) is 7.75. The zero-order valence-corrected chi connectivity index (χ0v) is 16.5. The summed E-state index contributed by atoms with van der Waals surface area (Å²) in [5.41, 5.74) is 1.44. The average molecular weight is 370 g/mol. The van der Waals surface area contributed by atoms with Crippen LogP contribution < -0.4 is 5.32 Å². The number of aliphatic hydroxyl groups excluding tert-OH is 1. The van der Waals surface area contributed by atoms with Crippen LogP contribution in [0.1, 0.15) is 56.9 Å². The molecule has 2 atom stereocenters. The minimum Gasteiger partial charge on any atom is -0.380 e. The van der Waals surface area contributed by atoms with Gasteiger partial charge in [-0.25, -0.2) is 0 Å². The lowest BCUT2D eigenvalue weighted by molar-refractivity contribution is -0.140. The maximum Gasteiger partial charge on any atom is 0.198 e. The largest absolute Gasteiger partial charge is 0.380 e. The van der Waals surface area contributed by atoms with Crippen LogP contribution in [0.3, 0.4) is 0 Å². The summed E-state index contributed by atoms with van der Waals surface area (Å²) in [6, 6.07) is 18.3. The molecule has 0 aliphatic carbocycles. The van der Waals surface area contributed by atoms with Crippen molar-refractivity contribution >= 4 is 5.78 Å². The summed E-state index contributed by atoms with van der Waals surface area (Å²) in [5, 5.41) is 14.0. The Morgan fingerprint density at radius 3 is 2.15 bits per heavy atom. The van der Waals surface area contributed by atoms with Crippen LogP contribution in [0.15, 0.2) is 60.7 Å². The van der Waals surface area contributed by atoms with Gasteiger partial charge in [-0.1, -0.05) is 67.6 Å². The topological polar surface area (TPSA) is 58.6 Å². The standard InChI is InChI=1S/C23H31NO3/c1-4-23(2,3)24-16-11-17-27-22(19-14-9-6-10-15-19)21(26)20(25)18-12-7-5-8-13-18/h5-10,12-15,20,22,24-25H,4,11,16-17H2,1-3H3. The molecular formula is C23H31NO3. The highest BCUT2D eigenvalue weighted by Gasteiger charge is 2.28. The third kappa shape index (κ3) is 6.58. The lowest BCUT2D eigenvalue weighted by Gasteiger charge is -2.25. The molecule has 2 rings (SSSR count). The van der Waals surface area contributed by atoms with E-state index in [1.165, 1.54) is 0 Å². The Morgan fingerprint density at radius 2 is 1.59 bits per heavy atom. The van der Waals surface area contributed by atoms with Gasteiger partial charge in [-0.15, -0.1) is 0 Å². The number of carbonyl (C=O) groups is 1. The highest BCUT2D eigenvalue weighted by Crippen LogP contribution is 2.26. The van der Waals surface area contributed by atoms with Crippen LogP contribution >= 0.6 is 0 Å². The third-order valence-electron chi connectivity index (χ3n) is 4.84. The summed E-state index contributed by atoms with van der Waals surface area (Å²) in [5.74, 6) is -0.339. The van der Waals surface area contributed by atoms with Crippen LogP contribution in [0.5, 0.6) is 0 Å². The van der Waals surface area contributed by atoms with Crippen molar-refractivity contribution in [3.63, 3.8) is 0 Å². The monoisotopic (exact) mass is 369 g/mol. The SMILES string of the molecule is CCC(C)(C)NCCCOC(C(=O)C(O)c1ccccc1)c1ccccc1. The maximum absolute atomic E-state index is 12.9. The summed E-state index contributed by atoms with van der Waals surface area (Å²) in [6.07, 6.45) is -0.141. The van der Waals surface area contributed by atoms with Crippen molar-refractivity contribution in [2.75, 3.05) is 13.2 Å². The van der Waals surface area contributed by atoms with E-state index >= 15 is 0 Å². The number of ketones is 1. The Kier molecular flexibility index (Phi) is 8.17. The molecule has 0 fully saturated rings. The molecule has 146 valence electrons. The molecule has 2 N–H and O–H groups in total. The first-order chi connectivity index (χ1) is 12.9. The van der Waals surface area contributed by atoms with Gasteiger partial charge in [0.05, 0.1) is 0 Å². The molecule has 0 spiro atoms. The molecule has 2 unspecified atom stereocenters. The number of carbonyl (C=O) groups excluding carboxylic acids is 1. The first-order valence-electron chi connectivity index (χ1n) is 9.63. The van der Waals surface area contributed by atoms with E-state index in [1.54, 1.807) is 12.1 Å². The Labute approximate surface area is 162 Å². The Balaban J connectivity index is 2.01. The summed E-state index contributed by atoms with van der Waals surface area (Å²) in [4.78, 5) is 12.9. The Hall–Kier alpha value is -2.01. The molecular weight excluding hydrogens is 338 g/mol. The van der Waals surface area contributed by atoms with Gasteiger partial charge in [-0.05, 0) is 44.4 Å². The molecule has 2 aromatic rings. The van der Waals surface area contributed by atoms with E-state index in [0.717, 1.165) is 24.9 Å². The summed E-state index contributed by atoms with van der Waals surface area (Å²) >= 11 is 0. The summed E-state index contributed by atoms with van der Waals surface area (Å²) in [7, 11) is 0. The molecule has 0 saturated carbocycles. The molecule has 2 aromatic carbocycles. The summed E-state index contributed by atoms with van der Waals surface area (Å²) < 4.78 is 5.93. The van der Waals surface area contributed by atoms with Crippen molar-refractivity contribution in [3.8, 4) is 0 Å². The first kappa shape index (κ1) is 21.3. The zero-order chi connectivity index (χ0) is 19.7. The molecule has 0 bridgehead atoms. The minimum atomic E-state index is -1.20. The Morgan fingerprint density at radius 1 is 1.04 bits per heavy atom. The van der Waals surface area contributed by atoms with Crippen LogP contribution in [0, 0.1) is 0 Å². The smallest absolute Gasteiger partial charge is 0.198 e. The first-order valence-corrected chi connectivity index (χ1v) is 9.63. The molecule has 0 aromatic heterocycles. The van der Waals surface area contributed by atoms with Crippen LogP contribution in [-0.4, -0.2) is 29.6 Å². The van der Waals surface area contributed by atoms with Crippen molar-refractivity contribution in [1.29, 1.82) is 0 Å². The second-order valence-corrected chi connectivity index (χ2v) is 7.39. The normalized spacial score (nSPS) is 13.9. The van der Waals surface area contributed by atoms with Gasteiger partial charge in [0.15, 0.2) is 5.78 Å². The van der Waals surface area contributed by atoms with E-state index in [9.17, 15) is 9.90 Å². The van der Waals surface area contributed by atoms with E-state index in [0.29, 0.717) is 12.2 Å². The predicted molar refractivity (Wildman–Crippen MR) is 109 cm³/mol. The van der Waals surface area contributed by atoms with E-state index in [-0.39, 0.29) is 11.3 Å². The van der Waals surface area contributed by atoms with Crippen molar-refractivity contribution in [2.24, 2.45) is 0 Å². The molecule has 0 radical (unpaired) electrons. The lowest BCUT2D eigenvalue weighted by Crippen LogP contribution is -2.39. The molecule has 0 aliphatic rings. The molecule has 0 amide bonds. The van der Waals surface area contributed by atoms with Crippen molar-refractivity contribution in [2.45, 2.75) is 51.4 Å². The predicted octanol–water partition coefficient (Wildman–Crippen LogP) is 4.22. The van der Waals surface area contributed by atoms with E-state index in [2.05, 4.69) is 26.1 Å². The number of ether oxygens (including phenoxy) is 1. The number of aliphatic hydroxyl groups is 1. The average Bonchev–Trinajstić information content (AvgIpc) is 2.71. The second kappa shape index (κ2) is 10.4. The van der Waals surface area contributed by atoms with Gasteiger partial charge in [0.2, 0.25) is 0 Å². The van der Waals surface area contributed by atoms with Gasteiger partial charge in [0, 0.05) is 12.1 Å². The molecule has 0 saturated heterocycles. The van der Waals surface area contributed by atoms with Gasteiger partial charge < -0.3 is 15.2 Å². The van der Waals surface area contributed by atoms with Gasteiger partial charge in [0.1, 0.15) is 12.2 Å². The number of rotatable bonds is 11. The van der Waals surface area contributed by atoms with Crippen molar-refractivity contribution in [1.82, 2.24) is 5.32 Å². The Bertz CT molecular complexity index is 685. The van der Waals surface area contributed by atoms with Crippen molar-refractivity contribution in [3.05, 3.63) is 71.8 Å². The second-order valence-electron chi connectivity index (χ2n) is 7.39. The van der Waals surface area contributed by atoms with Crippen LogP contribution in [0.2, 0.25) is 0 Å². The molecule has 4 nitrogen and oxygen atoms in total. The van der Waals surface area contributed by atoms with E-state index in [4.69, 9.17) is 4.74 Å². The van der Waals surface area contributed by atoms with E-state index < -0.39 is 12.2 Å². The van der Waals surface area contributed by atoms with Gasteiger partial charge in [-0.2, -0.15) is 0 Å². The molecule has 4 heteroatoms. The highest BCUT2D eigenvalue weighted by atomic mass is 16.5. The van der Waals surface area contributed by atoms with Crippen molar-refractivity contribution < 1.29 is 14.6 Å². The minimum absolute atomic E-state index is 0.0954. The third-order valence-corrected chi connectivity index (χ3v) is 4.84. The van der Waals surface area contributed by atoms with Gasteiger partial charge >= 0.3 is 0 Å². The number of hydrogen-bond donors (Lipinski definition) is 2. The van der Waals surface area contributed by atoms with Crippen LogP contribution in [-0.2, 0) is 9.53 Å². The number of Topliss-reactive ketones (excluding diaryl/α,β-unsaturated/α-hetero) is 1. The fourth-order valence-corrected chi connectivity index (χ4v) is 2.74. The highest BCUT2D eigenvalue weighted by molar-refractivity contribution is 5.89. The number of hydrogen-bond acceptors (Lipinski definition) is 4.